The molecule has 2 rings (SSSR count). The smallest absolute Gasteiger partial charge is 0.205 e. The molecule has 1 aliphatic heterocycles. The number of nitrogens with zero attached hydrogens (tertiary/aromatic N) is 1. The van der Waals surface area contributed by atoms with Crippen molar-refractivity contribution in [3.05, 3.63) is 36.2 Å². The van der Waals surface area contributed by atoms with Crippen LogP contribution in [-0.4, -0.2) is 16.5 Å². The van der Waals surface area contributed by atoms with Crippen molar-refractivity contribution in [2.45, 2.75) is 4.90 Å². The number of allylic oxidation sites excluding steroid dienone is 1. The molecular weight excluding hydrogens is 170 g/mol. The first-order valence-corrected chi connectivity index (χ1v) is 4.65. The van der Waals surface area contributed by atoms with Crippen LogP contribution >= 0.6 is 11.8 Å². The Labute approximate surface area is 74.7 Å². The minimum Gasteiger partial charge on any atom is -0.288 e. The molecule has 2 heterocycles. The van der Waals surface area contributed by atoms with Crippen molar-refractivity contribution in [2.24, 2.45) is 0 Å². The Morgan fingerprint density at radius 1 is 1.50 bits per heavy atom. The number of fused-ring (bicyclic) bond motifs is 1. The van der Waals surface area contributed by atoms with Crippen LogP contribution in [-0.2, 0) is 0 Å². The van der Waals surface area contributed by atoms with Gasteiger partial charge in [-0.1, -0.05) is 6.08 Å². The average molecular weight is 177 g/mol. The van der Waals surface area contributed by atoms with Crippen molar-refractivity contribution >= 4 is 17.5 Å². The minimum atomic E-state index is 0.00981. The molecule has 0 N–H and O–H groups in total. The van der Waals surface area contributed by atoms with Crippen LogP contribution in [0.4, 0.5) is 0 Å². The van der Waals surface area contributed by atoms with Crippen LogP contribution in [0.3, 0.4) is 0 Å². The van der Waals surface area contributed by atoms with Gasteiger partial charge in [0.2, 0.25) is 5.78 Å². The van der Waals surface area contributed by atoms with Gasteiger partial charge in [0.25, 0.3) is 0 Å². The maximum atomic E-state index is 11.3. The van der Waals surface area contributed by atoms with E-state index in [0.29, 0.717) is 5.69 Å². The first-order chi connectivity index (χ1) is 5.88. The predicted molar refractivity (Wildman–Crippen MR) is 48.4 cm³/mol. The fraction of sp³-hybridized carbons (Fsp3) is 0.111. The van der Waals surface area contributed by atoms with Crippen molar-refractivity contribution in [1.29, 1.82) is 0 Å². The van der Waals surface area contributed by atoms with Gasteiger partial charge < -0.3 is 0 Å². The zero-order chi connectivity index (χ0) is 8.39. The van der Waals surface area contributed by atoms with E-state index in [1.165, 1.54) is 0 Å². The van der Waals surface area contributed by atoms with Crippen LogP contribution in [0.25, 0.3) is 0 Å². The highest BCUT2D eigenvalue weighted by Crippen LogP contribution is 2.23. The normalized spacial score (nSPS) is 15.5. The molecule has 1 aromatic rings. The van der Waals surface area contributed by atoms with E-state index in [9.17, 15) is 4.79 Å². The van der Waals surface area contributed by atoms with E-state index in [1.54, 1.807) is 24.0 Å². The molecule has 1 aromatic heterocycles. The summed E-state index contributed by atoms with van der Waals surface area (Å²) in [6.45, 7) is 0. The van der Waals surface area contributed by atoms with Gasteiger partial charge in [-0.15, -0.1) is 11.8 Å². The summed E-state index contributed by atoms with van der Waals surface area (Å²) in [5, 5.41) is 0. The summed E-state index contributed by atoms with van der Waals surface area (Å²) in [7, 11) is 0. The topological polar surface area (TPSA) is 30.0 Å². The van der Waals surface area contributed by atoms with Crippen molar-refractivity contribution < 1.29 is 4.79 Å². The standard InChI is InChI=1S/C9H7NOS/c11-7-3-2-6-12-8-4-1-5-10-9(7)8/h1-5H,6H2. The molecule has 0 fully saturated rings. The molecule has 0 spiro atoms. The summed E-state index contributed by atoms with van der Waals surface area (Å²) in [6, 6.07) is 3.78. The van der Waals surface area contributed by atoms with Gasteiger partial charge in [0.1, 0.15) is 5.69 Å². The highest BCUT2D eigenvalue weighted by Gasteiger charge is 2.11. The van der Waals surface area contributed by atoms with Gasteiger partial charge in [0.05, 0.1) is 0 Å². The third-order valence-corrected chi connectivity index (χ3v) is 2.61. The van der Waals surface area contributed by atoms with Crippen molar-refractivity contribution in [3.8, 4) is 0 Å². The summed E-state index contributed by atoms with van der Waals surface area (Å²) in [4.78, 5) is 16.4. The van der Waals surface area contributed by atoms with Gasteiger partial charge in [-0.25, -0.2) is 0 Å². The average Bonchev–Trinajstić information content (AvgIpc) is 2.29. The summed E-state index contributed by atoms with van der Waals surface area (Å²) < 4.78 is 0. The van der Waals surface area contributed by atoms with Crippen LogP contribution in [0.1, 0.15) is 10.5 Å². The molecule has 0 unspecified atom stereocenters. The number of thioether (sulfide) groups is 1. The quantitative estimate of drug-likeness (QED) is 0.606. The fourth-order valence-corrected chi connectivity index (χ4v) is 1.90. The van der Waals surface area contributed by atoms with Crippen LogP contribution in [0.5, 0.6) is 0 Å². The first-order valence-electron chi connectivity index (χ1n) is 3.66. The summed E-state index contributed by atoms with van der Waals surface area (Å²) in [5.41, 5.74) is 0.580. The van der Waals surface area contributed by atoms with E-state index in [0.717, 1.165) is 10.6 Å². The van der Waals surface area contributed by atoms with Gasteiger partial charge in [-0.3, -0.25) is 9.78 Å². The minimum absolute atomic E-state index is 0.00981. The largest absolute Gasteiger partial charge is 0.288 e. The Kier molecular flexibility index (Phi) is 1.96. The van der Waals surface area contributed by atoms with Crippen molar-refractivity contribution in [3.63, 3.8) is 0 Å². The highest BCUT2D eigenvalue weighted by molar-refractivity contribution is 7.99. The molecule has 3 heteroatoms. The molecular formula is C9H7NOS. The molecule has 0 aromatic carbocycles. The summed E-state index contributed by atoms with van der Waals surface area (Å²) >= 11 is 1.64. The van der Waals surface area contributed by atoms with E-state index >= 15 is 0 Å². The molecule has 0 saturated heterocycles. The number of aromatic nitrogens is 1. The Morgan fingerprint density at radius 2 is 2.42 bits per heavy atom. The number of rotatable bonds is 0. The second kappa shape index (κ2) is 3.11. The molecule has 60 valence electrons. The van der Waals surface area contributed by atoms with E-state index in [-0.39, 0.29) is 5.78 Å². The van der Waals surface area contributed by atoms with E-state index < -0.39 is 0 Å². The Hall–Kier alpha value is -1.09. The van der Waals surface area contributed by atoms with Crippen LogP contribution < -0.4 is 0 Å². The Morgan fingerprint density at radius 3 is 3.33 bits per heavy atom. The van der Waals surface area contributed by atoms with E-state index in [1.807, 2.05) is 18.2 Å². The maximum absolute atomic E-state index is 11.3. The zero-order valence-electron chi connectivity index (χ0n) is 6.36. The number of hydrogen-bond acceptors (Lipinski definition) is 3. The summed E-state index contributed by atoms with van der Waals surface area (Å²) in [6.07, 6.45) is 5.11. The molecule has 0 aliphatic carbocycles. The third-order valence-electron chi connectivity index (χ3n) is 1.61. The van der Waals surface area contributed by atoms with E-state index in [4.69, 9.17) is 0 Å². The van der Waals surface area contributed by atoms with Gasteiger partial charge >= 0.3 is 0 Å². The Bertz CT molecular complexity index is 346. The second-order valence-electron chi connectivity index (χ2n) is 2.43. The van der Waals surface area contributed by atoms with Gasteiger partial charge in [0.15, 0.2) is 0 Å². The Balaban J connectivity index is 2.53. The SMILES string of the molecule is O=C1C=CCSc2cccnc21. The lowest BCUT2D eigenvalue weighted by Gasteiger charge is -1.99. The van der Waals surface area contributed by atoms with Gasteiger partial charge in [0, 0.05) is 16.8 Å². The molecule has 1 aliphatic rings. The van der Waals surface area contributed by atoms with Gasteiger partial charge in [-0.05, 0) is 18.2 Å². The molecule has 0 atom stereocenters. The zero-order valence-corrected chi connectivity index (χ0v) is 7.17. The monoisotopic (exact) mass is 177 g/mol. The lowest BCUT2D eigenvalue weighted by Crippen LogP contribution is -1.98. The molecule has 0 amide bonds. The molecule has 0 radical (unpaired) electrons. The van der Waals surface area contributed by atoms with E-state index in [2.05, 4.69) is 4.98 Å². The van der Waals surface area contributed by atoms with Gasteiger partial charge in [-0.2, -0.15) is 0 Å². The lowest BCUT2D eigenvalue weighted by molar-refractivity contribution is 0.104. The number of pyridine rings is 1. The maximum Gasteiger partial charge on any atom is 0.205 e. The lowest BCUT2D eigenvalue weighted by atomic mass is 10.2. The molecule has 2 nitrogen and oxygen atoms in total. The highest BCUT2D eigenvalue weighted by atomic mass is 32.2. The van der Waals surface area contributed by atoms with Crippen LogP contribution in [0.15, 0.2) is 35.4 Å². The summed E-state index contributed by atoms with van der Waals surface area (Å²) in [5.74, 6) is 0.861. The predicted octanol–water partition coefficient (Wildman–Crippen LogP) is 1.93. The fourth-order valence-electron chi connectivity index (χ4n) is 1.06. The van der Waals surface area contributed by atoms with Crippen LogP contribution in [0.2, 0.25) is 0 Å². The first kappa shape index (κ1) is 7.55. The van der Waals surface area contributed by atoms with Crippen molar-refractivity contribution in [1.82, 2.24) is 4.98 Å². The van der Waals surface area contributed by atoms with Crippen LogP contribution in [0, 0.1) is 0 Å². The number of hydrogen-bond donors (Lipinski definition) is 0. The molecule has 0 bridgehead atoms. The number of ketones is 1. The number of carbonyl (C=O) groups excluding carboxylic acids is 1. The van der Waals surface area contributed by atoms with Crippen molar-refractivity contribution in [2.75, 3.05) is 5.75 Å². The molecule has 0 saturated carbocycles. The molecule has 12 heavy (non-hydrogen) atoms. The number of carbonyl (C=O) groups is 1. The second-order valence-corrected chi connectivity index (χ2v) is 3.49. The third kappa shape index (κ3) is 1.28.